The number of rotatable bonds is 4. The molecule has 0 radical (unpaired) electrons. The largest absolute Gasteiger partial charge is 0.465 e. The van der Waals surface area contributed by atoms with E-state index in [0.29, 0.717) is 0 Å². The number of aliphatic hydroxyl groups is 1. The summed E-state index contributed by atoms with van der Waals surface area (Å²) in [6.07, 6.45) is 3.54. The zero-order valence-corrected chi connectivity index (χ0v) is 13.3. The fourth-order valence-electron chi connectivity index (χ4n) is 3.44. The van der Waals surface area contributed by atoms with E-state index < -0.39 is 0 Å². The minimum Gasteiger partial charge on any atom is -0.465 e. The third-order valence-electron chi connectivity index (χ3n) is 4.66. The molecule has 3 heteroatoms. The Morgan fingerprint density at radius 3 is 2.64 bits per heavy atom. The smallest absolute Gasteiger partial charge is 0.196 e. The van der Waals surface area contributed by atoms with Gasteiger partial charge in [0.2, 0.25) is 0 Å². The molecule has 0 unspecified atom stereocenters. The minimum absolute atomic E-state index is 0.138. The first-order chi connectivity index (χ1) is 10.7. The molecule has 1 saturated carbocycles. The van der Waals surface area contributed by atoms with Crippen LogP contribution in [0.5, 0.6) is 5.75 Å². The van der Waals surface area contributed by atoms with Crippen LogP contribution >= 0.6 is 0 Å². The van der Waals surface area contributed by atoms with E-state index in [0.717, 1.165) is 37.0 Å². The van der Waals surface area contributed by atoms with Gasteiger partial charge in [-0.1, -0.05) is 43.2 Å². The van der Waals surface area contributed by atoms with Crippen LogP contribution in [0, 0.1) is 0 Å². The monoisotopic (exact) mass is 300 g/mol. The van der Waals surface area contributed by atoms with Crippen LogP contribution in [0.3, 0.4) is 0 Å². The molecule has 2 aromatic carbocycles. The van der Waals surface area contributed by atoms with Gasteiger partial charge in [0.1, 0.15) is 5.75 Å². The van der Waals surface area contributed by atoms with E-state index in [-0.39, 0.29) is 18.3 Å². The zero-order valence-electron chi connectivity index (χ0n) is 13.3. The number of hydrogen-bond donors (Lipinski definition) is 1. The van der Waals surface area contributed by atoms with Gasteiger partial charge in [-0.15, -0.1) is 0 Å². The normalized spacial score (nSPS) is 23.4. The molecule has 3 nitrogen and oxygen atoms in total. The molecule has 0 aliphatic heterocycles. The quantitative estimate of drug-likeness (QED) is 0.859. The molecule has 0 spiro atoms. The van der Waals surface area contributed by atoms with Gasteiger partial charge in [0.05, 0.1) is 6.10 Å². The van der Waals surface area contributed by atoms with E-state index in [4.69, 9.17) is 9.47 Å². The maximum Gasteiger partial charge on any atom is 0.196 e. The highest BCUT2D eigenvalue weighted by molar-refractivity contribution is 5.88. The van der Waals surface area contributed by atoms with Crippen LogP contribution < -0.4 is 4.74 Å². The Hall–Kier alpha value is -1.58. The molecule has 1 fully saturated rings. The first kappa shape index (κ1) is 15.3. The summed E-state index contributed by atoms with van der Waals surface area (Å²) in [4.78, 5) is 0. The van der Waals surface area contributed by atoms with Gasteiger partial charge in [-0.2, -0.15) is 0 Å². The summed E-state index contributed by atoms with van der Waals surface area (Å²) in [5.41, 5.74) is 1.13. The molecular formula is C19H24O3. The fraction of sp³-hybridized carbons (Fsp3) is 0.474. The van der Waals surface area contributed by atoms with Crippen molar-refractivity contribution >= 4 is 10.8 Å². The fourth-order valence-corrected chi connectivity index (χ4v) is 3.44. The lowest BCUT2D eigenvalue weighted by Crippen LogP contribution is -2.24. The Kier molecular flexibility index (Phi) is 4.65. The molecule has 0 saturated heterocycles. The molecule has 0 heterocycles. The van der Waals surface area contributed by atoms with Crippen molar-refractivity contribution in [3.63, 3.8) is 0 Å². The molecule has 3 rings (SSSR count). The van der Waals surface area contributed by atoms with Crippen molar-refractivity contribution in [1.82, 2.24) is 0 Å². The van der Waals surface area contributed by atoms with E-state index in [1.807, 2.05) is 25.1 Å². The Bertz CT molecular complexity index is 638. The third kappa shape index (κ3) is 2.96. The number of ether oxygens (including phenoxy) is 2. The van der Waals surface area contributed by atoms with Crippen LogP contribution in [0.4, 0.5) is 0 Å². The second kappa shape index (κ2) is 6.67. The Morgan fingerprint density at radius 1 is 1.09 bits per heavy atom. The van der Waals surface area contributed by atoms with Gasteiger partial charge in [0.15, 0.2) is 6.29 Å². The molecular weight excluding hydrogens is 276 g/mol. The van der Waals surface area contributed by atoms with Crippen molar-refractivity contribution in [3.8, 4) is 5.75 Å². The van der Waals surface area contributed by atoms with E-state index >= 15 is 0 Å². The predicted octanol–water partition coefficient (Wildman–Crippen LogP) is 4.23. The molecule has 0 bridgehead atoms. The van der Waals surface area contributed by atoms with Crippen molar-refractivity contribution in [2.45, 2.75) is 50.9 Å². The summed E-state index contributed by atoms with van der Waals surface area (Å²) >= 11 is 0. The number of aliphatic hydroxyl groups excluding tert-OH is 1. The SMILES string of the molecule is CO[C@@H](C)Oc1ccc2ccccc2c1[C@H]1CCCC[C@H]1O. The summed E-state index contributed by atoms with van der Waals surface area (Å²) in [6, 6.07) is 12.4. The summed E-state index contributed by atoms with van der Waals surface area (Å²) < 4.78 is 11.2. The van der Waals surface area contributed by atoms with E-state index in [1.165, 1.54) is 10.8 Å². The second-order valence-corrected chi connectivity index (χ2v) is 6.08. The van der Waals surface area contributed by atoms with Crippen LogP contribution in [0.15, 0.2) is 36.4 Å². The van der Waals surface area contributed by atoms with Gasteiger partial charge in [-0.25, -0.2) is 0 Å². The molecule has 2 aromatic rings. The highest BCUT2D eigenvalue weighted by Crippen LogP contribution is 2.42. The number of fused-ring (bicyclic) bond motifs is 1. The number of hydrogen-bond acceptors (Lipinski definition) is 3. The molecule has 22 heavy (non-hydrogen) atoms. The van der Waals surface area contributed by atoms with Crippen molar-refractivity contribution in [2.75, 3.05) is 7.11 Å². The first-order valence-corrected chi connectivity index (χ1v) is 8.10. The van der Waals surface area contributed by atoms with Crippen molar-refractivity contribution < 1.29 is 14.6 Å². The molecule has 1 N–H and O–H groups in total. The Balaban J connectivity index is 2.11. The van der Waals surface area contributed by atoms with Crippen molar-refractivity contribution in [1.29, 1.82) is 0 Å². The maximum atomic E-state index is 10.5. The van der Waals surface area contributed by atoms with E-state index in [9.17, 15) is 5.11 Å². The van der Waals surface area contributed by atoms with Crippen LogP contribution in [-0.4, -0.2) is 24.6 Å². The lowest BCUT2D eigenvalue weighted by Gasteiger charge is -2.31. The van der Waals surface area contributed by atoms with E-state index in [1.54, 1.807) is 7.11 Å². The first-order valence-electron chi connectivity index (χ1n) is 8.10. The molecule has 118 valence electrons. The van der Waals surface area contributed by atoms with Crippen LogP contribution in [0.2, 0.25) is 0 Å². The lowest BCUT2D eigenvalue weighted by atomic mass is 9.79. The molecule has 3 atom stereocenters. The topological polar surface area (TPSA) is 38.7 Å². The summed E-state index contributed by atoms with van der Waals surface area (Å²) in [5, 5.41) is 12.9. The van der Waals surface area contributed by atoms with Crippen LogP contribution in [0.25, 0.3) is 10.8 Å². The molecule has 0 aromatic heterocycles. The predicted molar refractivity (Wildman–Crippen MR) is 88.3 cm³/mol. The number of benzene rings is 2. The minimum atomic E-state index is -0.305. The van der Waals surface area contributed by atoms with Crippen molar-refractivity contribution in [3.05, 3.63) is 42.0 Å². The van der Waals surface area contributed by atoms with E-state index in [2.05, 4.69) is 18.2 Å². The highest BCUT2D eigenvalue weighted by Gasteiger charge is 2.29. The van der Waals surface area contributed by atoms with Gasteiger partial charge in [-0.3, -0.25) is 0 Å². The van der Waals surface area contributed by atoms with Crippen LogP contribution in [-0.2, 0) is 4.74 Å². The van der Waals surface area contributed by atoms with Gasteiger partial charge in [-0.05, 0) is 36.6 Å². The average molecular weight is 300 g/mol. The molecule has 1 aliphatic carbocycles. The second-order valence-electron chi connectivity index (χ2n) is 6.08. The summed E-state index contributed by atoms with van der Waals surface area (Å²) in [7, 11) is 1.64. The summed E-state index contributed by atoms with van der Waals surface area (Å²) in [5.74, 6) is 0.970. The molecule has 1 aliphatic rings. The van der Waals surface area contributed by atoms with Crippen LogP contribution in [0.1, 0.15) is 44.1 Å². The standard InChI is InChI=1S/C19H24O3/c1-13(21-2)22-18-12-11-14-7-3-4-8-15(14)19(18)16-9-5-6-10-17(16)20/h3-4,7-8,11-13,16-17,20H,5-6,9-10H2,1-2H3/t13-,16+,17-/m1/s1. The number of methoxy groups -OCH3 is 1. The highest BCUT2D eigenvalue weighted by atomic mass is 16.7. The maximum absolute atomic E-state index is 10.5. The average Bonchev–Trinajstić information content (AvgIpc) is 2.55. The Labute approximate surface area is 131 Å². The van der Waals surface area contributed by atoms with Gasteiger partial charge >= 0.3 is 0 Å². The third-order valence-corrected chi connectivity index (χ3v) is 4.66. The Morgan fingerprint density at radius 2 is 1.86 bits per heavy atom. The summed E-state index contributed by atoms with van der Waals surface area (Å²) in [6.45, 7) is 1.89. The van der Waals surface area contributed by atoms with Gasteiger partial charge in [0, 0.05) is 18.6 Å². The zero-order chi connectivity index (χ0) is 15.5. The van der Waals surface area contributed by atoms with Gasteiger partial charge < -0.3 is 14.6 Å². The van der Waals surface area contributed by atoms with Crippen molar-refractivity contribution in [2.24, 2.45) is 0 Å². The molecule has 0 amide bonds. The van der Waals surface area contributed by atoms with Gasteiger partial charge in [0.25, 0.3) is 0 Å². The lowest BCUT2D eigenvalue weighted by molar-refractivity contribution is -0.0395.